The molecule has 0 aromatic heterocycles. The molecule has 0 heterocycles. The molecule has 0 amide bonds. The molecule has 0 spiro atoms. The number of Topliss-reactive ketones (excluding diaryl/α,β-unsaturated/α-hetero) is 1. The van der Waals surface area contributed by atoms with Crippen LogP contribution in [0.25, 0.3) is 0 Å². The molecule has 116 valence electrons. The van der Waals surface area contributed by atoms with Gasteiger partial charge >= 0.3 is 11.9 Å². The summed E-state index contributed by atoms with van der Waals surface area (Å²) in [7, 11) is 2.56. The third kappa shape index (κ3) is 2.74. The number of carbonyl (C=O) groups excluding carboxylic acids is 3. The van der Waals surface area contributed by atoms with Gasteiger partial charge in [0.05, 0.1) is 14.2 Å². The first-order chi connectivity index (χ1) is 9.94. The average Bonchev–Trinajstić information content (AvgIpc) is 2.84. The summed E-state index contributed by atoms with van der Waals surface area (Å²) < 4.78 is 9.69. The van der Waals surface area contributed by atoms with Crippen molar-refractivity contribution in [1.82, 2.24) is 0 Å². The predicted molar refractivity (Wildman–Crippen MR) is 75.3 cm³/mol. The van der Waals surface area contributed by atoms with Gasteiger partial charge in [0.15, 0.2) is 5.41 Å². The molecule has 5 heteroatoms. The van der Waals surface area contributed by atoms with Gasteiger partial charge in [-0.05, 0) is 38.0 Å². The Balaban J connectivity index is 2.38. The molecule has 1 saturated carbocycles. The van der Waals surface area contributed by atoms with Gasteiger partial charge in [0, 0.05) is 12.8 Å². The lowest BCUT2D eigenvalue weighted by Crippen LogP contribution is -2.39. The summed E-state index contributed by atoms with van der Waals surface area (Å²) >= 11 is 0. The third-order valence-electron chi connectivity index (χ3n) is 4.86. The number of rotatable bonds is 2. The van der Waals surface area contributed by atoms with Crippen LogP contribution in [-0.2, 0) is 23.9 Å². The van der Waals surface area contributed by atoms with Crippen molar-refractivity contribution in [3.05, 3.63) is 11.6 Å². The molecule has 2 rings (SSSR count). The second kappa shape index (κ2) is 6.00. The molecule has 0 radical (unpaired) electrons. The van der Waals surface area contributed by atoms with Crippen molar-refractivity contribution in [1.29, 1.82) is 0 Å². The molecule has 2 atom stereocenters. The first kappa shape index (κ1) is 15.7. The van der Waals surface area contributed by atoms with Crippen LogP contribution in [0.5, 0.6) is 0 Å². The minimum Gasteiger partial charge on any atom is -0.468 e. The average molecular weight is 294 g/mol. The number of methoxy groups -OCH3 is 2. The van der Waals surface area contributed by atoms with Gasteiger partial charge in [-0.15, -0.1) is 0 Å². The fraction of sp³-hybridized carbons (Fsp3) is 0.688. The Hall–Kier alpha value is -1.65. The van der Waals surface area contributed by atoms with Crippen molar-refractivity contribution in [3.63, 3.8) is 0 Å². The van der Waals surface area contributed by atoms with Crippen LogP contribution in [-0.4, -0.2) is 31.9 Å². The van der Waals surface area contributed by atoms with E-state index in [1.54, 1.807) is 0 Å². The fourth-order valence-electron chi connectivity index (χ4n) is 3.78. The Morgan fingerprint density at radius 2 is 1.81 bits per heavy atom. The van der Waals surface area contributed by atoms with E-state index in [0.717, 1.165) is 12.0 Å². The Morgan fingerprint density at radius 1 is 1.19 bits per heavy atom. The van der Waals surface area contributed by atoms with E-state index < -0.39 is 17.4 Å². The van der Waals surface area contributed by atoms with E-state index in [1.165, 1.54) is 14.2 Å². The lowest BCUT2D eigenvalue weighted by molar-refractivity contribution is -0.169. The first-order valence-electron chi connectivity index (χ1n) is 7.30. The zero-order valence-corrected chi connectivity index (χ0v) is 12.8. The molecule has 0 unspecified atom stereocenters. The second-order valence-electron chi connectivity index (χ2n) is 6.07. The van der Waals surface area contributed by atoms with Gasteiger partial charge in [-0.2, -0.15) is 0 Å². The van der Waals surface area contributed by atoms with Gasteiger partial charge in [-0.1, -0.05) is 11.6 Å². The van der Waals surface area contributed by atoms with Crippen LogP contribution in [0.1, 0.15) is 39.0 Å². The van der Waals surface area contributed by atoms with E-state index in [1.807, 2.05) is 6.92 Å². The zero-order valence-electron chi connectivity index (χ0n) is 12.8. The van der Waals surface area contributed by atoms with Crippen molar-refractivity contribution in [2.24, 2.45) is 17.3 Å². The maximum absolute atomic E-state index is 12.2. The quantitative estimate of drug-likeness (QED) is 0.443. The maximum atomic E-state index is 12.2. The number of ether oxygens (including phenoxy) is 2. The van der Waals surface area contributed by atoms with Crippen LogP contribution in [0.15, 0.2) is 11.6 Å². The smallest absolute Gasteiger partial charge is 0.323 e. The Morgan fingerprint density at radius 3 is 2.38 bits per heavy atom. The summed E-state index contributed by atoms with van der Waals surface area (Å²) in [6, 6.07) is 0. The van der Waals surface area contributed by atoms with E-state index in [-0.39, 0.29) is 17.6 Å². The standard InChI is InChI=1S/C16H22O5/c1-10-5-4-6-12(17)7-11-8-16(9-13(10)11,14(18)20-2)15(19)21-3/h5,11,13H,4,6-9H2,1-3H3/b10-5-/t11-,13+/m0/s1. The second-order valence-corrected chi connectivity index (χ2v) is 6.07. The van der Waals surface area contributed by atoms with E-state index in [9.17, 15) is 14.4 Å². The molecule has 1 fully saturated rings. The normalized spacial score (nSPS) is 30.4. The van der Waals surface area contributed by atoms with Crippen LogP contribution < -0.4 is 0 Å². The van der Waals surface area contributed by atoms with Crippen LogP contribution in [0.3, 0.4) is 0 Å². The van der Waals surface area contributed by atoms with E-state index in [2.05, 4.69) is 6.08 Å². The summed E-state index contributed by atoms with van der Waals surface area (Å²) in [5.41, 5.74) is -0.111. The van der Waals surface area contributed by atoms with Crippen molar-refractivity contribution >= 4 is 17.7 Å². The van der Waals surface area contributed by atoms with Gasteiger partial charge in [0.25, 0.3) is 0 Å². The number of carbonyl (C=O) groups is 3. The Bertz CT molecular complexity index is 475. The largest absolute Gasteiger partial charge is 0.468 e. The van der Waals surface area contributed by atoms with Crippen molar-refractivity contribution in [3.8, 4) is 0 Å². The van der Waals surface area contributed by atoms with Crippen LogP contribution in [0.2, 0.25) is 0 Å². The monoisotopic (exact) mass is 294 g/mol. The minimum absolute atomic E-state index is 0.00671. The number of ketones is 1. The molecule has 0 aromatic carbocycles. The van der Waals surface area contributed by atoms with Crippen molar-refractivity contribution in [2.45, 2.75) is 39.0 Å². The molecule has 0 saturated heterocycles. The molecule has 2 aliphatic carbocycles. The van der Waals surface area contributed by atoms with E-state index in [4.69, 9.17) is 9.47 Å². The fourth-order valence-corrected chi connectivity index (χ4v) is 3.78. The summed E-state index contributed by atoms with van der Waals surface area (Å²) in [4.78, 5) is 36.3. The lowest BCUT2D eigenvalue weighted by atomic mass is 9.83. The molecular formula is C16H22O5. The maximum Gasteiger partial charge on any atom is 0.323 e. The van der Waals surface area contributed by atoms with E-state index >= 15 is 0 Å². The summed E-state index contributed by atoms with van der Waals surface area (Å²) in [6.45, 7) is 2.01. The van der Waals surface area contributed by atoms with Gasteiger partial charge in [-0.25, -0.2) is 0 Å². The highest BCUT2D eigenvalue weighted by molar-refractivity contribution is 6.00. The summed E-state index contributed by atoms with van der Waals surface area (Å²) in [6.07, 6.45) is 4.44. The van der Waals surface area contributed by atoms with E-state index in [0.29, 0.717) is 25.7 Å². The number of esters is 2. The van der Waals surface area contributed by atoms with Crippen LogP contribution in [0.4, 0.5) is 0 Å². The molecule has 0 aliphatic heterocycles. The number of hydrogen-bond donors (Lipinski definition) is 0. The third-order valence-corrected chi connectivity index (χ3v) is 4.86. The van der Waals surface area contributed by atoms with Crippen molar-refractivity contribution < 1.29 is 23.9 Å². The molecule has 0 N–H and O–H groups in total. The van der Waals surface area contributed by atoms with Gasteiger partial charge in [0.2, 0.25) is 0 Å². The highest BCUT2D eigenvalue weighted by Crippen LogP contribution is 2.51. The minimum atomic E-state index is -1.27. The first-order valence-corrected chi connectivity index (χ1v) is 7.30. The zero-order chi connectivity index (χ0) is 15.6. The molecule has 0 bridgehead atoms. The van der Waals surface area contributed by atoms with Gasteiger partial charge < -0.3 is 9.47 Å². The Kier molecular flexibility index (Phi) is 4.49. The topological polar surface area (TPSA) is 69.7 Å². The summed E-state index contributed by atoms with van der Waals surface area (Å²) in [5.74, 6) is -0.846. The molecule has 21 heavy (non-hydrogen) atoms. The predicted octanol–water partition coefficient (Wildman–Crippen LogP) is 2.04. The molecule has 5 nitrogen and oxygen atoms in total. The summed E-state index contributed by atoms with van der Waals surface area (Å²) in [5, 5.41) is 0. The molecule has 0 aromatic rings. The highest BCUT2D eigenvalue weighted by Gasteiger charge is 2.57. The van der Waals surface area contributed by atoms with Gasteiger partial charge in [-0.3, -0.25) is 14.4 Å². The highest BCUT2D eigenvalue weighted by atomic mass is 16.5. The number of hydrogen-bond acceptors (Lipinski definition) is 5. The number of allylic oxidation sites excluding steroid dienone is 2. The van der Waals surface area contributed by atoms with Crippen molar-refractivity contribution in [2.75, 3.05) is 14.2 Å². The van der Waals surface area contributed by atoms with Gasteiger partial charge in [0.1, 0.15) is 5.78 Å². The van der Waals surface area contributed by atoms with Crippen LogP contribution >= 0.6 is 0 Å². The van der Waals surface area contributed by atoms with Crippen LogP contribution in [0, 0.1) is 17.3 Å². The molecular weight excluding hydrogens is 272 g/mol. The SMILES string of the molecule is COC(=O)C1(C(=O)OC)C[C@@H]2CC(=O)CC/C=C(/C)[C@H]2C1. The Labute approximate surface area is 124 Å². The molecule has 2 aliphatic rings. The lowest BCUT2D eigenvalue weighted by Gasteiger charge is -2.23. The number of fused-ring (bicyclic) bond motifs is 1.